The molecule has 2 rings (SSSR count). The Labute approximate surface area is 119 Å². The van der Waals surface area contributed by atoms with Crippen LogP contribution < -0.4 is 0 Å². The lowest BCUT2D eigenvalue weighted by atomic mass is 9.54. The molecule has 1 fully saturated rings. The lowest BCUT2D eigenvalue weighted by molar-refractivity contribution is -0.300. The molecule has 2 aliphatic carbocycles. The van der Waals surface area contributed by atoms with Crippen molar-refractivity contribution < 1.29 is 25.2 Å². The zero-order chi connectivity index (χ0) is 15.3. The average Bonchev–Trinajstić information content (AvgIpc) is 2.33. The van der Waals surface area contributed by atoms with E-state index >= 15 is 0 Å². The molecular formula is C15H24O5. The van der Waals surface area contributed by atoms with Gasteiger partial charge >= 0.3 is 0 Å². The molecule has 0 heterocycles. The molecule has 114 valence electrons. The van der Waals surface area contributed by atoms with Crippen LogP contribution in [0.1, 0.15) is 47.0 Å². The summed E-state index contributed by atoms with van der Waals surface area (Å²) in [6.45, 7) is 6.78. The SMILES string of the molecule is CC(C)(OO)C1=C[C@@H]2[C@](C)(CC[C@H](O)[C@@]2(C)O)CC1=O. The Morgan fingerprint density at radius 1 is 1.40 bits per heavy atom. The van der Waals surface area contributed by atoms with Crippen molar-refractivity contribution in [2.75, 3.05) is 0 Å². The molecule has 0 unspecified atom stereocenters. The molecule has 0 saturated heterocycles. The molecule has 2 aliphatic rings. The van der Waals surface area contributed by atoms with E-state index in [1.54, 1.807) is 26.8 Å². The summed E-state index contributed by atoms with van der Waals surface area (Å²) in [6.07, 6.45) is 2.33. The fraction of sp³-hybridized carbons (Fsp3) is 0.800. The zero-order valence-corrected chi connectivity index (χ0v) is 12.5. The number of Topliss-reactive ketones (excluding diaryl/α,β-unsaturated/α-hetero) is 1. The molecule has 0 spiro atoms. The Bertz CT molecular complexity index is 451. The van der Waals surface area contributed by atoms with E-state index in [2.05, 4.69) is 4.89 Å². The van der Waals surface area contributed by atoms with E-state index in [1.807, 2.05) is 6.92 Å². The summed E-state index contributed by atoms with van der Waals surface area (Å²) in [4.78, 5) is 16.8. The van der Waals surface area contributed by atoms with Crippen molar-refractivity contribution in [3.63, 3.8) is 0 Å². The molecule has 0 bridgehead atoms. The predicted molar refractivity (Wildman–Crippen MR) is 73.0 cm³/mol. The molecule has 0 aromatic carbocycles. The van der Waals surface area contributed by atoms with Crippen LogP contribution in [0.3, 0.4) is 0 Å². The molecular weight excluding hydrogens is 260 g/mol. The van der Waals surface area contributed by atoms with Crippen LogP contribution in [-0.4, -0.2) is 38.6 Å². The molecule has 20 heavy (non-hydrogen) atoms. The van der Waals surface area contributed by atoms with E-state index in [4.69, 9.17) is 5.26 Å². The third-order valence-corrected chi connectivity index (χ3v) is 5.12. The Hall–Kier alpha value is -0.750. The fourth-order valence-corrected chi connectivity index (χ4v) is 3.70. The van der Waals surface area contributed by atoms with Gasteiger partial charge in [0, 0.05) is 17.9 Å². The number of carbonyl (C=O) groups is 1. The van der Waals surface area contributed by atoms with Gasteiger partial charge < -0.3 is 10.2 Å². The minimum Gasteiger partial charge on any atom is -0.390 e. The van der Waals surface area contributed by atoms with Gasteiger partial charge in [-0.2, -0.15) is 0 Å². The van der Waals surface area contributed by atoms with Crippen molar-refractivity contribution in [3.8, 4) is 0 Å². The molecule has 0 aliphatic heterocycles. The fourth-order valence-electron chi connectivity index (χ4n) is 3.70. The van der Waals surface area contributed by atoms with E-state index in [0.29, 0.717) is 24.8 Å². The highest BCUT2D eigenvalue weighted by atomic mass is 17.1. The van der Waals surface area contributed by atoms with Crippen molar-refractivity contribution in [1.29, 1.82) is 0 Å². The number of rotatable bonds is 2. The second kappa shape index (κ2) is 4.63. The lowest BCUT2D eigenvalue weighted by Crippen LogP contribution is -2.58. The van der Waals surface area contributed by atoms with Crippen LogP contribution in [0.5, 0.6) is 0 Å². The van der Waals surface area contributed by atoms with E-state index in [9.17, 15) is 15.0 Å². The van der Waals surface area contributed by atoms with Crippen molar-refractivity contribution in [3.05, 3.63) is 11.6 Å². The summed E-state index contributed by atoms with van der Waals surface area (Å²) in [5.74, 6) is -0.420. The Balaban J connectivity index is 2.50. The van der Waals surface area contributed by atoms with Crippen molar-refractivity contribution in [2.45, 2.75) is 64.3 Å². The van der Waals surface area contributed by atoms with Crippen LogP contribution in [0.4, 0.5) is 0 Å². The van der Waals surface area contributed by atoms with Crippen molar-refractivity contribution in [1.82, 2.24) is 0 Å². The van der Waals surface area contributed by atoms with Crippen LogP contribution in [0.15, 0.2) is 11.6 Å². The highest BCUT2D eigenvalue weighted by Gasteiger charge is 2.55. The third-order valence-electron chi connectivity index (χ3n) is 5.12. The van der Waals surface area contributed by atoms with Crippen LogP contribution in [0.25, 0.3) is 0 Å². The third kappa shape index (κ3) is 2.22. The molecule has 0 aromatic rings. The maximum Gasteiger partial charge on any atom is 0.162 e. The zero-order valence-electron chi connectivity index (χ0n) is 12.5. The van der Waals surface area contributed by atoms with Crippen molar-refractivity contribution in [2.24, 2.45) is 11.3 Å². The van der Waals surface area contributed by atoms with Gasteiger partial charge in [0.25, 0.3) is 0 Å². The lowest BCUT2D eigenvalue weighted by Gasteiger charge is -2.53. The first-order valence-corrected chi connectivity index (χ1v) is 7.03. The number of hydrogen-bond acceptors (Lipinski definition) is 5. The molecule has 0 amide bonds. The van der Waals surface area contributed by atoms with Crippen LogP contribution in [0.2, 0.25) is 0 Å². The molecule has 0 radical (unpaired) electrons. The van der Waals surface area contributed by atoms with Crippen LogP contribution in [0, 0.1) is 11.3 Å². The number of carbonyl (C=O) groups excluding carboxylic acids is 1. The summed E-state index contributed by atoms with van der Waals surface area (Å²) in [5, 5.41) is 29.7. The Morgan fingerprint density at radius 3 is 2.55 bits per heavy atom. The number of aliphatic hydroxyl groups is 2. The van der Waals surface area contributed by atoms with Gasteiger partial charge in [-0.05, 0) is 39.0 Å². The first-order valence-electron chi connectivity index (χ1n) is 7.03. The monoisotopic (exact) mass is 284 g/mol. The molecule has 0 aromatic heterocycles. The minimum atomic E-state index is -1.29. The number of hydrogen-bond donors (Lipinski definition) is 3. The quantitative estimate of drug-likeness (QED) is 0.530. The van der Waals surface area contributed by atoms with E-state index in [1.165, 1.54) is 0 Å². The Morgan fingerprint density at radius 2 is 2.00 bits per heavy atom. The van der Waals surface area contributed by atoms with Crippen LogP contribution in [-0.2, 0) is 9.68 Å². The number of ketones is 1. The maximum atomic E-state index is 12.3. The van der Waals surface area contributed by atoms with E-state index in [0.717, 1.165) is 0 Å². The highest BCUT2D eigenvalue weighted by molar-refractivity contribution is 5.98. The summed E-state index contributed by atoms with van der Waals surface area (Å²) < 4.78 is 0. The molecule has 5 heteroatoms. The van der Waals surface area contributed by atoms with Gasteiger partial charge in [-0.15, -0.1) is 0 Å². The second-order valence-corrected chi connectivity index (χ2v) is 7.19. The number of fused-ring (bicyclic) bond motifs is 1. The molecule has 1 saturated carbocycles. The van der Waals surface area contributed by atoms with Crippen molar-refractivity contribution >= 4 is 5.78 Å². The van der Waals surface area contributed by atoms with Crippen LogP contribution >= 0.6 is 0 Å². The minimum absolute atomic E-state index is 0.0741. The summed E-state index contributed by atoms with van der Waals surface area (Å²) in [6, 6.07) is 0. The van der Waals surface area contributed by atoms with Gasteiger partial charge in [-0.3, -0.25) is 10.1 Å². The molecule has 5 nitrogen and oxygen atoms in total. The summed E-state index contributed by atoms with van der Waals surface area (Å²) in [5.41, 5.74) is -2.41. The number of aliphatic hydroxyl groups excluding tert-OH is 1. The highest BCUT2D eigenvalue weighted by Crippen LogP contribution is 2.53. The normalized spacial score (nSPS) is 42.1. The van der Waals surface area contributed by atoms with Gasteiger partial charge in [-0.25, -0.2) is 4.89 Å². The van der Waals surface area contributed by atoms with Gasteiger partial charge in [0.1, 0.15) is 5.60 Å². The Kier molecular flexibility index (Phi) is 3.62. The van der Waals surface area contributed by atoms with Gasteiger partial charge in [-0.1, -0.05) is 13.0 Å². The standard InChI is InChI=1S/C15H24O5/c1-13(2,20-19)9-7-11-14(3,8-10(9)16)6-5-12(17)15(11,4)18/h7,11-12,17-19H,5-6,8H2,1-4H3/t11-,12+,14-,15+/m1/s1. The predicted octanol–water partition coefficient (Wildman–Crippen LogP) is 1.68. The summed E-state index contributed by atoms with van der Waals surface area (Å²) in [7, 11) is 0. The topological polar surface area (TPSA) is 87.0 Å². The smallest absolute Gasteiger partial charge is 0.162 e. The average molecular weight is 284 g/mol. The van der Waals surface area contributed by atoms with Gasteiger partial charge in [0.2, 0.25) is 0 Å². The maximum absolute atomic E-state index is 12.3. The summed E-state index contributed by atoms with van der Waals surface area (Å²) >= 11 is 0. The largest absolute Gasteiger partial charge is 0.390 e. The molecule has 3 N–H and O–H groups in total. The first kappa shape index (κ1) is 15.6. The van der Waals surface area contributed by atoms with Gasteiger partial charge in [0.05, 0.1) is 11.7 Å². The second-order valence-electron chi connectivity index (χ2n) is 7.19. The molecule has 4 atom stereocenters. The van der Waals surface area contributed by atoms with Gasteiger partial charge in [0.15, 0.2) is 5.78 Å². The van der Waals surface area contributed by atoms with E-state index in [-0.39, 0.29) is 17.1 Å². The van der Waals surface area contributed by atoms with E-state index < -0.39 is 17.3 Å². The first-order chi connectivity index (χ1) is 9.04.